The molecule has 0 spiro atoms. The average molecular weight is 266 g/mol. The van der Waals surface area contributed by atoms with Gasteiger partial charge in [0.15, 0.2) is 0 Å². The molecule has 0 N–H and O–H groups in total. The van der Waals surface area contributed by atoms with Gasteiger partial charge < -0.3 is 4.74 Å². The molecule has 0 aliphatic heterocycles. The van der Waals surface area contributed by atoms with Gasteiger partial charge in [-0.15, -0.1) is 12.6 Å². The maximum absolute atomic E-state index is 13.4. The normalized spacial score (nSPS) is 10.4. The van der Waals surface area contributed by atoms with Gasteiger partial charge in [0.2, 0.25) is 0 Å². The largest absolute Gasteiger partial charge is 0.489 e. The molecule has 0 fully saturated rings. The Balaban J connectivity index is 2.11. The number of ether oxygens (including phenoxy) is 1. The van der Waals surface area contributed by atoms with Gasteiger partial charge in [-0.25, -0.2) is 8.78 Å². The van der Waals surface area contributed by atoms with Crippen LogP contribution in [0.15, 0.2) is 41.3 Å². The fraction of sp³-hybridized carbons (Fsp3) is 0.143. The van der Waals surface area contributed by atoms with E-state index in [4.69, 9.17) is 4.74 Å². The molecule has 0 atom stereocenters. The lowest BCUT2D eigenvalue weighted by molar-refractivity contribution is 0.298. The topological polar surface area (TPSA) is 9.23 Å². The standard InChI is InChI=1S/C14H12F2OS/c1-9-6-12(3-5-14(9)18)17-8-10-7-11(15)2-4-13(10)16/h2-7,18H,8H2,1H3. The van der Waals surface area contributed by atoms with E-state index in [9.17, 15) is 8.78 Å². The van der Waals surface area contributed by atoms with Crippen LogP contribution in [0.3, 0.4) is 0 Å². The summed E-state index contributed by atoms with van der Waals surface area (Å²) in [4.78, 5) is 0.860. The molecule has 0 unspecified atom stereocenters. The van der Waals surface area contributed by atoms with Crippen molar-refractivity contribution < 1.29 is 13.5 Å². The van der Waals surface area contributed by atoms with E-state index < -0.39 is 11.6 Å². The minimum absolute atomic E-state index is 0.00501. The minimum atomic E-state index is -0.475. The van der Waals surface area contributed by atoms with E-state index in [1.807, 2.05) is 6.92 Å². The fourth-order valence-corrected chi connectivity index (χ4v) is 1.67. The van der Waals surface area contributed by atoms with Crippen molar-refractivity contribution in [2.24, 2.45) is 0 Å². The molecule has 2 aromatic rings. The Labute approximate surface area is 110 Å². The molecule has 0 heterocycles. The first-order valence-corrected chi connectivity index (χ1v) is 5.87. The highest BCUT2D eigenvalue weighted by Crippen LogP contribution is 2.21. The van der Waals surface area contributed by atoms with Crippen LogP contribution in [0.5, 0.6) is 5.75 Å². The predicted octanol–water partition coefficient (Wildman–Crippen LogP) is 4.14. The van der Waals surface area contributed by atoms with Gasteiger partial charge >= 0.3 is 0 Å². The van der Waals surface area contributed by atoms with E-state index in [-0.39, 0.29) is 12.2 Å². The minimum Gasteiger partial charge on any atom is -0.489 e. The summed E-state index contributed by atoms with van der Waals surface area (Å²) in [6, 6.07) is 8.66. The van der Waals surface area contributed by atoms with E-state index in [2.05, 4.69) is 12.6 Å². The van der Waals surface area contributed by atoms with Crippen molar-refractivity contribution in [3.8, 4) is 5.75 Å². The molecule has 0 saturated carbocycles. The molecular weight excluding hydrogens is 254 g/mol. The SMILES string of the molecule is Cc1cc(OCc2cc(F)ccc2F)ccc1S. The first-order valence-electron chi connectivity index (χ1n) is 5.42. The first-order chi connectivity index (χ1) is 8.56. The number of aryl methyl sites for hydroxylation is 1. The van der Waals surface area contributed by atoms with Gasteiger partial charge in [-0.3, -0.25) is 0 Å². The molecule has 2 rings (SSSR count). The van der Waals surface area contributed by atoms with Crippen molar-refractivity contribution in [3.63, 3.8) is 0 Å². The van der Waals surface area contributed by atoms with Crippen LogP contribution in [0.2, 0.25) is 0 Å². The maximum atomic E-state index is 13.4. The average Bonchev–Trinajstić information content (AvgIpc) is 2.34. The summed E-state index contributed by atoms with van der Waals surface area (Å²) in [5, 5.41) is 0. The highest BCUT2D eigenvalue weighted by Gasteiger charge is 2.05. The Bertz CT molecular complexity index is 570. The van der Waals surface area contributed by atoms with E-state index in [1.165, 1.54) is 0 Å². The van der Waals surface area contributed by atoms with E-state index in [0.29, 0.717) is 5.75 Å². The third-order valence-electron chi connectivity index (χ3n) is 2.57. The molecule has 0 amide bonds. The predicted molar refractivity (Wildman–Crippen MR) is 69.1 cm³/mol. The number of rotatable bonds is 3. The second kappa shape index (κ2) is 5.40. The van der Waals surface area contributed by atoms with Crippen LogP contribution in [0, 0.1) is 18.6 Å². The van der Waals surface area contributed by atoms with Crippen molar-refractivity contribution >= 4 is 12.6 Å². The van der Waals surface area contributed by atoms with Crippen LogP contribution >= 0.6 is 12.6 Å². The lowest BCUT2D eigenvalue weighted by Crippen LogP contribution is -1.99. The molecule has 0 saturated heterocycles. The molecule has 0 bridgehead atoms. The Kier molecular flexibility index (Phi) is 3.87. The smallest absolute Gasteiger partial charge is 0.130 e. The summed E-state index contributed by atoms with van der Waals surface area (Å²) >= 11 is 4.25. The quantitative estimate of drug-likeness (QED) is 0.821. The fourth-order valence-electron chi connectivity index (χ4n) is 1.53. The van der Waals surface area contributed by atoms with Crippen LogP contribution in [0.1, 0.15) is 11.1 Å². The Morgan fingerprint density at radius 3 is 2.61 bits per heavy atom. The molecule has 4 heteroatoms. The van der Waals surface area contributed by atoms with Crippen LogP contribution in [0.4, 0.5) is 8.78 Å². The van der Waals surface area contributed by atoms with Crippen LogP contribution < -0.4 is 4.74 Å². The molecule has 0 radical (unpaired) electrons. The summed E-state index contributed by atoms with van der Waals surface area (Å²) in [7, 11) is 0. The lowest BCUT2D eigenvalue weighted by Gasteiger charge is -2.09. The van der Waals surface area contributed by atoms with Crippen LogP contribution in [0.25, 0.3) is 0 Å². The number of benzene rings is 2. The number of hydrogen-bond acceptors (Lipinski definition) is 2. The van der Waals surface area contributed by atoms with Crippen molar-refractivity contribution in [1.29, 1.82) is 0 Å². The summed E-state index contributed by atoms with van der Waals surface area (Å²) in [6.07, 6.45) is 0. The van der Waals surface area contributed by atoms with E-state index >= 15 is 0 Å². The Morgan fingerprint density at radius 1 is 1.11 bits per heavy atom. The van der Waals surface area contributed by atoms with Crippen molar-refractivity contribution in [1.82, 2.24) is 0 Å². The second-order valence-electron chi connectivity index (χ2n) is 3.97. The molecule has 18 heavy (non-hydrogen) atoms. The second-order valence-corrected chi connectivity index (χ2v) is 4.45. The number of thiol groups is 1. The van der Waals surface area contributed by atoms with Gasteiger partial charge in [0, 0.05) is 10.5 Å². The van der Waals surface area contributed by atoms with Crippen LogP contribution in [-0.2, 0) is 6.61 Å². The molecule has 0 aliphatic rings. The maximum Gasteiger partial charge on any atom is 0.130 e. The molecule has 0 aliphatic carbocycles. The Hall–Kier alpha value is -1.55. The van der Waals surface area contributed by atoms with E-state index in [0.717, 1.165) is 28.7 Å². The van der Waals surface area contributed by atoms with Gasteiger partial charge in [0.25, 0.3) is 0 Å². The Morgan fingerprint density at radius 2 is 1.89 bits per heavy atom. The van der Waals surface area contributed by atoms with Crippen molar-refractivity contribution in [2.45, 2.75) is 18.4 Å². The van der Waals surface area contributed by atoms with Gasteiger partial charge in [0.05, 0.1) is 0 Å². The number of hydrogen-bond donors (Lipinski definition) is 1. The van der Waals surface area contributed by atoms with E-state index in [1.54, 1.807) is 18.2 Å². The highest BCUT2D eigenvalue weighted by molar-refractivity contribution is 7.80. The summed E-state index contributed by atoms with van der Waals surface area (Å²) in [5.41, 5.74) is 1.16. The van der Waals surface area contributed by atoms with Crippen molar-refractivity contribution in [2.75, 3.05) is 0 Å². The molecule has 94 valence electrons. The molecule has 2 aromatic carbocycles. The zero-order valence-corrected chi connectivity index (χ0v) is 10.7. The zero-order valence-electron chi connectivity index (χ0n) is 9.78. The monoisotopic (exact) mass is 266 g/mol. The first kappa shape index (κ1) is 12.9. The van der Waals surface area contributed by atoms with Crippen molar-refractivity contribution in [3.05, 3.63) is 59.2 Å². The van der Waals surface area contributed by atoms with Crippen LogP contribution in [-0.4, -0.2) is 0 Å². The lowest BCUT2D eigenvalue weighted by atomic mass is 10.2. The molecule has 1 nitrogen and oxygen atoms in total. The summed E-state index contributed by atoms with van der Waals surface area (Å²) in [6.45, 7) is 1.90. The highest BCUT2D eigenvalue weighted by atomic mass is 32.1. The molecule has 0 aromatic heterocycles. The summed E-state index contributed by atoms with van der Waals surface area (Å²) < 4.78 is 31.7. The van der Waals surface area contributed by atoms with Gasteiger partial charge in [-0.2, -0.15) is 0 Å². The summed E-state index contributed by atoms with van der Waals surface area (Å²) in [5.74, 6) is -0.343. The zero-order chi connectivity index (χ0) is 13.1. The van der Waals surface area contributed by atoms with Gasteiger partial charge in [-0.05, 0) is 48.9 Å². The molecular formula is C14H12F2OS. The third-order valence-corrected chi connectivity index (χ3v) is 3.07. The third kappa shape index (κ3) is 3.01. The number of halogens is 2. The van der Waals surface area contributed by atoms with Gasteiger partial charge in [0.1, 0.15) is 24.0 Å². The van der Waals surface area contributed by atoms with Gasteiger partial charge in [-0.1, -0.05) is 0 Å².